The van der Waals surface area contributed by atoms with Gasteiger partial charge in [0.1, 0.15) is 0 Å². The Balaban J connectivity index is 1.97. The van der Waals surface area contributed by atoms with Gasteiger partial charge in [-0.3, -0.25) is 0 Å². The van der Waals surface area contributed by atoms with Gasteiger partial charge < -0.3 is 10.1 Å². The lowest BCUT2D eigenvalue weighted by Crippen LogP contribution is -2.46. The van der Waals surface area contributed by atoms with Crippen molar-refractivity contribution in [3.8, 4) is 0 Å². The first kappa shape index (κ1) is 15.5. The summed E-state index contributed by atoms with van der Waals surface area (Å²) in [5, 5.41) is 3.71. The van der Waals surface area contributed by atoms with Gasteiger partial charge in [0.05, 0.1) is 5.60 Å². The SMILES string of the molecule is CCCNC(Cc1ccc(C)cc1)CC1(OC)CCC1. The minimum atomic E-state index is 0.149. The van der Waals surface area contributed by atoms with Crippen molar-refractivity contribution in [3.05, 3.63) is 35.4 Å². The molecule has 1 fully saturated rings. The molecule has 1 N–H and O–H groups in total. The van der Waals surface area contributed by atoms with Crippen LogP contribution in [0.2, 0.25) is 0 Å². The molecule has 1 atom stereocenters. The van der Waals surface area contributed by atoms with Gasteiger partial charge in [-0.05, 0) is 57.6 Å². The maximum Gasteiger partial charge on any atom is 0.0693 e. The Morgan fingerprint density at radius 3 is 2.45 bits per heavy atom. The van der Waals surface area contributed by atoms with E-state index in [1.54, 1.807) is 0 Å². The standard InChI is InChI=1S/C18H29NO/c1-4-12-19-17(14-18(20-3)10-5-11-18)13-16-8-6-15(2)7-9-16/h6-9,17,19H,4-5,10-14H2,1-3H3. The Hall–Kier alpha value is -0.860. The first-order valence-corrected chi connectivity index (χ1v) is 8.01. The monoisotopic (exact) mass is 275 g/mol. The lowest BCUT2D eigenvalue weighted by atomic mass is 9.75. The van der Waals surface area contributed by atoms with Crippen molar-refractivity contribution in [2.45, 2.75) is 64.0 Å². The van der Waals surface area contributed by atoms with Gasteiger partial charge >= 0.3 is 0 Å². The molecule has 2 rings (SSSR count). The smallest absolute Gasteiger partial charge is 0.0693 e. The van der Waals surface area contributed by atoms with E-state index in [0.717, 1.165) is 19.4 Å². The summed E-state index contributed by atoms with van der Waals surface area (Å²) >= 11 is 0. The van der Waals surface area contributed by atoms with Crippen LogP contribution >= 0.6 is 0 Å². The summed E-state index contributed by atoms with van der Waals surface area (Å²) in [6, 6.07) is 9.47. The quantitative estimate of drug-likeness (QED) is 0.777. The van der Waals surface area contributed by atoms with Crippen molar-refractivity contribution in [2.24, 2.45) is 0 Å². The van der Waals surface area contributed by atoms with Crippen LogP contribution in [0.4, 0.5) is 0 Å². The van der Waals surface area contributed by atoms with Gasteiger partial charge in [0.2, 0.25) is 0 Å². The van der Waals surface area contributed by atoms with Gasteiger partial charge in [-0.1, -0.05) is 36.8 Å². The van der Waals surface area contributed by atoms with Crippen molar-refractivity contribution in [1.29, 1.82) is 0 Å². The first-order valence-electron chi connectivity index (χ1n) is 8.01. The Bertz CT molecular complexity index is 389. The van der Waals surface area contributed by atoms with E-state index >= 15 is 0 Å². The van der Waals surface area contributed by atoms with E-state index in [9.17, 15) is 0 Å². The van der Waals surface area contributed by atoms with Crippen LogP contribution in [0.15, 0.2) is 24.3 Å². The molecule has 0 spiro atoms. The predicted molar refractivity (Wildman–Crippen MR) is 85.2 cm³/mol. The molecule has 1 aliphatic carbocycles. The topological polar surface area (TPSA) is 21.3 Å². The summed E-state index contributed by atoms with van der Waals surface area (Å²) in [5.41, 5.74) is 2.91. The van der Waals surface area contributed by atoms with Crippen molar-refractivity contribution < 1.29 is 4.74 Å². The Kier molecular flexibility index (Phi) is 5.62. The molecule has 1 aliphatic rings. The van der Waals surface area contributed by atoms with Crippen molar-refractivity contribution >= 4 is 0 Å². The van der Waals surface area contributed by atoms with E-state index in [4.69, 9.17) is 4.74 Å². The Morgan fingerprint density at radius 2 is 1.95 bits per heavy atom. The highest BCUT2D eigenvalue weighted by Gasteiger charge is 2.38. The van der Waals surface area contributed by atoms with Crippen LogP contribution in [0.25, 0.3) is 0 Å². The van der Waals surface area contributed by atoms with Crippen LogP contribution in [0.1, 0.15) is 50.2 Å². The van der Waals surface area contributed by atoms with Crippen LogP contribution in [-0.4, -0.2) is 25.3 Å². The van der Waals surface area contributed by atoms with E-state index in [1.807, 2.05) is 7.11 Å². The maximum atomic E-state index is 5.80. The largest absolute Gasteiger partial charge is 0.378 e. The van der Waals surface area contributed by atoms with Crippen LogP contribution in [0.5, 0.6) is 0 Å². The number of methoxy groups -OCH3 is 1. The fourth-order valence-corrected chi connectivity index (χ4v) is 3.09. The highest BCUT2D eigenvalue weighted by atomic mass is 16.5. The number of ether oxygens (including phenoxy) is 1. The second-order valence-electron chi connectivity index (χ2n) is 6.29. The molecule has 0 heterocycles. The van der Waals surface area contributed by atoms with E-state index in [1.165, 1.54) is 36.8 Å². The molecule has 1 aromatic carbocycles. The number of rotatable bonds is 8. The predicted octanol–water partition coefficient (Wildman–Crippen LogP) is 3.86. The highest BCUT2D eigenvalue weighted by Crippen LogP contribution is 2.39. The average Bonchev–Trinajstić information content (AvgIpc) is 2.42. The lowest BCUT2D eigenvalue weighted by molar-refractivity contribution is -0.0834. The molecule has 1 unspecified atom stereocenters. The Morgan fingerprint density at radius 1 is 1.25 bits per heavy atom. The van der Waals surface area contributed by atoms with Crippen LogP contribution < -0.4 is 5.32 Å². The summed E-state index contributed by atoms with van der Waals surface area (Å²) in [5.74, 6) is 0. The zero-order valence-electron chi connectivity index (χ0n) is 13.2. The molecule has 20 heavy (non-hydrogen) atoms. The molecule has 0 aromatic heterocycles. The van der Waals surface area contributed by atoms with Gasteiger partial charge in [0, 0.05) is 13.2 Å². The fraction of sp³-hybridized carbons (Fsp3) is 0.667. The molecule has 112 valence electrons. The number of benzene rings is 1. The summed E-state index contributed by atoms with van der Waals surface area (Å²) in [6.45, 7) is 5.46. The normalized spacial score (nSPS) is 18.6. The molecule has 2 nitrogen and oxygen atoms in total. The van der Waals surface area contributed by atoms with Gasteiger partial charge in [-0.25, -0.2) is 0 Å². The molecule has 0 aliphatic heterocycles. The van der Waals surface area contributed by atoms with Crippen molar-refractivity contribution in [3.63, 3.8) is 0 Å². The van der Waals surface area contributed by atoms with E-state index in [2.05, 4.69) is 43.4 Å². The molecule has 1 aromatic rings. The third-order valence-electron chi connectivity index (χ3n) is 4.60. The molecular weight excluding hydrogens is 246 g/mol. The molecule has 0 saturated heterocycles. The zero-order chi connectivity index (χ0) is 14.4. The third-order valence-corrected chi connectivity index (χ3v) is 4.60. The first-order chi connectivity index (χ1) is 9.67. The van der Waals surface area contributed by atoms with Crippen LogP contribution in [0.3, 0.4) is 0 Å². The molecule has 0 radical (unpaired) electrons. The Labute approximate surface area is 123 Å². The van der Waals surface area contributed by atoms with Gasteiger partial charge in [-0.15, -0.1) is 0 Å². The van der Waals surface area contributed by atoms with Crippen LogP contribution in [0, 0.1) is 6.92 Å². The summed E-state index contributed by atoms with van der Waals surface area (Å²) < 4.78 is 5.80. The minimum Gasteiger partial charge on any atom is -0.378 e. The number of nitrogens with one attached hydrogen (secondary N) is 1. The summed E-state index contributed by atoms with van der Waals surface area (Å²) in [4.78, 5) is 0. The van der Waals surface area contributed by atoms with Gasteiger partial charge in [0.15, 0.2) is 0 Å². The number of hydrogen-bond donors (Lipinski definition) is 1. The van der Waals surface area contributed by atoms with Crippen LogP contribution in [-0.2, 0) is 11.2 Å². The molecule has 2 heteroatoms. The fourth-order valence-electron chi connectivity index (χ4n) is 3.09. The van der Waals surface area contributed by atoms with Gasteiger partial charge in [-0.2, -0.15) is 0 Å². The summed E-state index contributed by atoms with van der Waals surface area (Å²) in [6.07, 6.45) is 7.19. The number of hydrogen-bond acceptors (Lipinski definition) is 2. The molecule has 1 saturated carbocycles. The second kappa shape index (κ2) is 7.24. The maximum absolute atomic E-state index is 5.80. The minimum absolute atomic E-state index is 0.149. The molecule has 0 amide bonds. The van der Waals surface area contributed by atoms with Crippen molar-refractivity contribution in [2.75, 3.05) is 13.7 Å². The third kappa shape index (κ3) is 4.07. The van der Waals surface area contributed by atoms with Crippen molar-refractivity contribution in [1.82, 2.24) is 5.32 Å². The van der Waals surface area contributed by atoms with Gasteiger partial charge in [0.25, 0.3) is 0 Å². The average molecular weight is 275 g/mol. The molecule has 0 bridgehead atoms. The van der Waals surface area contributed by atoms with E-state index < -0.39 is 0 Å². The molecular formula is C18H29NO. The summed E-state index contributed by atoms with van der Waals surface area (Å²) in [7, 11) is 1.88. The zero-order valence-corrected chi connectivity index (χ0v) is 13.2. The highest BCUT2D eigenvalue weighted by molar-refractivity contribution is 5.22. The van der Waals surface area contributed by atoms with E-state index in [0.29, 0.717) is 6.04 Å². The number of aryl methyl sites for hydroxylation is 1. The lowest BCUT2D eigenvalue weighted by Gasteiger charge is -2.43. The second-order valence-corrected chi connectivity index (χ2v) is 6.29. The van der Waals surface area contributed by atoms with E-state index in [-0.39, 0.29) is 5.60 Å².